The molecule has 0 radical (unpaired) electrons. The van der Waals surface area contributed by atoms with Crippen molar-refractivity contribution in [2.45, 2.75) is 94.0 Å². The molecular formula is C21H38FNO9. The van der Waals surface area contributed by atoms with Crippen LogP contribution in [-0.2, 0) is 19.0 Å². The smallest absolute Gasteiger partial charge is 0.305 e. The van der Waals surface area contributed by atoms with Gasteiger partial charge in [0.2, 0.25) is 0 Å². The van der Waals surface area contributed by atoms with Crippen LogP contribution in [0, 0.1) is 0 Å². The number of ether oxygens (including phenoxy) is 3. The lowest BCUT2D eigenvalue weighted by Crippen LogP contribution is -2.50. The first-order valence-electron chi connectivity index (χ1n) is 11.3. The molecule has 2 saturated heterocycles. The second-order valence-corrected chi connectivity index (χ2v) is 8.54. The Hall–Kier alpha value is -0.920. The van der Waals surface area contributed by atoms with Crippen LogP contribution < -0.4 is 0 Å². The minimum Gasteiger partial charge on any atom is -0.469 e. The highest BCUT2D eigenvalue weighted by Gasteiger charge is 2.49. The van der Waals surface area contributed by atoms with Crippen molar-refractivity contribution in [3.63, 3.8) is 0 Å². The molecule has 32 heavy (non-hydrogen) atoms. The van der Waals surface area contributed by atoms with Gasteiger partial charge in [-0.25, -0.2) is 4.39 Å². The summed E-state index contributed by atoms with van der Waals surface area (Å²) in [7, 11) is 1.38. The molecule has 2 rings (SSSR count). The molecule has 0 aromatic rings. The number of hydrogen-bond acceptors (Lipinski definition) is 10. The number of alkyl halides is 1. The van der Waals surface area contributed by atoms with Crippen LogP contribution in [0.2, 0.25) is 0 Å². The number of hydrogen-bond donors (Lipinski definition) is 5. The fraction of sp³-hybridized carbons (Fsp3) is 0.952. The molecule has 10 nitrogen and oxygen atoms in total. The molecule has 11 heteroatoms. The molecule has 5 N–H and O–H groups in total. The van der Waals surface area contributed by atoms with E-state index in [0.717, 1.165) is 38.5 Å². The zero-order valence-corrected chi connectivity index (χ0v) is 18.6. The quantitative estimate of drug-likeness (QED) is 0.161. The van der Waals surface area contributed by atoms with Gasteiger partial charge in [0.1, 0.15) is 30.6 Å². The van der Waals surface area contributed by atoms with Crippen LogP contribution >= 0.6 is 0 Å². The van der Waals surface area contributed by atoms with Crippen molar-refractivity contribution in [3.8, 4) is 0 Å². The molecule has 0 unspecified atom stereocenters. The van der Waals surface area contributed by atoms with E-state index in [1.54, 1.807) is 0 Å². The van der Waals surface area contributed by atoms with Gasteiger partial charge in [-0.05, 0) is 12.8 Å². The Bertz CT molecular complexity index is 557. The maximum absolute atomic E-state index is 13.9. The van der Waals surface area contributed by atoms with E-state index in [0.29, 0.717) is 13.0 Å². The predicted octanol–water partition coefficient (Wildman–Crippen LogP) is -0.910. The van der Waals surface area contributed by atoms with E-state index in [-0.39, 0.29) is 19.1 Å². The van der Waals surface area contributed by atoms with Crippen molar-refractivity contribution < 1.29 is 48.9 Å². The van der Waals surface area contributed by atoms with Crippen molar-refractivity contribution in [1.82, 2.24) is 4.90 Å². The van der Waals surface area contributed by atoms with Crippen molar-refractivity contribution in [3.05, 3.63) is 0 Å². The number of aliphatic hydroxyl groups is 5. The van der Waals surface area contributed by atoms with E-state index in [1.165, 1.54) is 12.0 Å². The summed E-state index contributed by atoms with van der Waals surface area (Å²) in [6.45, 7) is -0.525. The summed E-state index contributed by atoms with van der Waals surface area (Å²) in [6.07, 6.45) is -3.03. The van der Waals surface area contributed by atoms with Crippen LogP contribution in [0.5, 0.6) is 0 Å². The number of aliphatic hydroxyl groups excluding tert-OH is 5. The molecule has 0 spiro atoms. The van der Waals surface area contributed by atoms with Gasteiger partial charge in [-0.15, -0.1) is 0 Å². The molecule has 0 bridgehead atoms. The van der Waals surface area contributed by atoms with E-state index >= 15 is 0 Å². The number of carbonyl (C=O) groups excluding carboxylic acids is 1. The Kier molecular flexibility index (Phi) is 11.7. The zero-order chi connectivity index (χ0) is 23.7. The van der Waals surface area contributed by atoms with Gasteiger partial charge in [-0.1, -0.05) is 25.7 Å². The molecule has 8 atom stereocenters. The number of methoxy groups -OCH3 is 1. The maximum Gasteiger partial charge on any atom is 0.305 e. The lowest BCUT2D eigenvalue weighted by molar-refractivity contribution is -0.169. The second-order valence-electron chi connectivity index (χ2n) is 8.54. The molecular weight excluding hydrogens is 429 g/mol. The lowest BCUT2D eigenvalue weighted by atomic mass is 10.0. The molecule has 2 heterocycles. The monoisotopic (exact) mass is 467 g/mol. The van der Waals surface area contributed by atoms with Crippen molar-refractivity contribution in [2.75, 3.05) is 33.4 Å². The van der Waals surface area contributed by atoms with E-state index in [4.69, 9.17) is 9.47 Å². The first kappa shape index (κ1) is 27.3. The summed E-state index contributed by atoms with van der Waals surface area (Å²) in [5, 5.41) is 49.6. The number of nitrogens with zero attached hydrogens (tertiary/aromatic N) is 1. The lowest BCUT2D eigenvalue weighted by Gasteiger charge is -2.31. The highest BCUT2D eigenvalue weighted by molar-refractivity contribution is 5.68. The molecule has 0 aromatic heterocycles. The third kappa shape index (κ3) is 7.56. The summed E-state index contributed by atoms with van der Waals surface area (Å²) in [5.74, 6) is -0.195. The van der Waals surface area contributed by atoms with Crippen LogP contribution in [0.3, 0.4) is 0 Å². The Morgan fingerprint density at radius 3 is 2.41 bits per heavy atom. The fourth-order valence-corrected chi connectivity index (χ4v) is 4.27. The largest absolute Gasteiger partial charge is 0.469 e. The van der Waals surface area contributed by atoms with E-state index < -0.39 is 55.6 Å². The molecule has 2 fully saturated rings. The summed E-state index contributed by atoms with van der Waals surface area (Å²) in [5.41, 5.74) is 0. The van der Waals surface area contributed by atoms with Crippen molar-refractivity contribution >= 4 is 5.97 Å². The average molecular weight is 468 g/mol. The molecule has 0 saturated carbocycles. The molecule has 0 aliphatic carbocycles. The minimum atomic E-state index is -1.60. The SMILES string of the molecule is COC(=O)CCCCCCCCO[C@H]1O[C@H](CN2C[C@@H](F)[C@H](O)[C@H]2[C@@H](O)CO)[C@@H](O)[C@@H]1O. The fourth-order valence-electron chi connectivity index (χ4n) is 4.27. The Morgan fingerprint density at radius 1 is 1.09 bits per heavy atom. The van der Waals surface area contributed by atoms with Crippen LogP contribution in [-0.4, -0.2) is 119 Å². The molecule has 188 valence electrons. The van der Waals surface area contributed by atoms with E-state index in [1.807, 2.05) is 0 Å². The normalized spacial score (nSPS) is 34.2. The maximum atomic E-state index is 13.9. The third-order valence-electron chi connectivity index (χ3n) is 6.15. The minimum absolute atomic E-state index is 0.0388. The highest BCUT2D eigenvalue weighted by atomic mass is 19.1. The van der Waals surface area contributed by atoms with Gasteiger partial charge in [-0.3, -0.25) is 9.69 Å². The Labute approximate surface area is 187 Å². The first-order valence-corrected chi connectivity index (χ1v) is 11.3. The summed E-state index contributed by atoms with van der Waals surface area (Å²) in [4.78, 5) is 12.4. The molecule has 0 amide bonds. The highest BCUT2D eigenvalue weighted by Crippen LogP contribution is 2.29. The van der Waals surface area contributed by atoms with Gasteiger partial charge in [0.25, 0.3) is 0 Å². The topological polar surface area (TPSA) is 149 Å². The van der Waals surface area contributed by atoms with Gasteiger partial charge < -0.3 is 39.7 Å². The Balaban J connectivity index is 1.67. The summed E-state index contributed by atoms with van der Waals surface area (Å²) < 4.78 is 29.7. The third-order valence-corrected chi connectivity index (χ3v) is 6.15. The molecule has 2 aliphatic heterocycles. The van der Waals surface area contributed by atoms with Crippen LogP contribution in [0.1, 0.15) is 44.9 Å². The standard InChI is InChI=1S/C21H38FNO9/c1-30-16(26)8-6-4-2-3-5-7-9-31-21-20(29)19(28)15(32-21)11-23-10-13(22)18(27)17(23)14(25)12-24/h13-15,17-21,24-25,27-29H,2-12H2,1H3/t13-,14+,15-,17-,18+,19-,20+,21+/m1/s1. The van der Waals surface area contributed by atoms with Gasteiger partial charge in [-0.2, -0.15) is 0 Å². The molecule has 2 aliphatic rings. The summed E-state index contributed by atoms with van der Waals surface area (Å²) >= 11 is 0. The molecule has 0 aromatic carbocycles. The number of esters is 1. The summed E-state index contributed by atoms with van der Waals surface area (Å²) in [6, 6.07) is -1.03. The Morgan fingerprint density at radius 2 is 1.75 bits per heavy atom. The van der Waals surface area contributed by atoms with Gasteiger partial charge in [0, 0.05) is 26.1 Å². The van der Waals surface area contributed by atoms with Crippen LogP contribution in [0.4, 0.5) is 4.39 Å². The second kappa shape index (κ2) is 13.7. The number of likely N-dealkylation sites (tertiary alicyclic amines) is 1. The number of carbonyl (C=O) groups is 1. The first-order chi connectivity index (χ1) is 15.3. The van der Waals surface area contributed by atoms with Crippen LogP contribution in [0.25, 0.3) is 0 Å². The van der Waals surface area contributed by atoms with Crippen LogP contribution in [0.15, 0.2) is 0 Å². The van der Waals surface area contributed by atoms with Gasteiger partial charge in [0.15, 0.2) is 6.29 Å². The van der Waals surface area contributed by atoms with Crippen molar-refractivity contribution in [2.24, 2.45) is 0 Å². The van der Waals surface area contributed by atoms with E-state index in [9.17, 15) is 34.7 Å². The van der Waals surface area contributed by atoms with Gasteiger partial charge in [0.05, 0.1) is 25.9 Å². The average Bonchev–Trinajstić information content (AvgIpc) is 3.21. The zero-order valence-electron chi connectivity index (χ0n) is 18.6. The van der Waals surface area contributed by atoms with Gasteiger partial charge >= 0.3 is 5.97 Å². The predicted molar refractivity (Wildman–Crippen MR) is 110 cm³/mol. The van der Waals surface area contributed by atoms with E-state index in [2.05, 4.69) is 4.74 Å². The number of rotatable bonds is 14. The number of unbranched alkanes of at least 4 members (excludes halogenated alkanes) is 5. The van der Waals surface area contributed by atoms with Crippen molar-refractivity contribution in [1.29, 1.82) is 0 Å². The number of halogens is 1.